The standard InChI is InChI=1S/C26H26ClN5/c1-19-24(18-32(30-19)23-9-7-22(27)8-10-23)25-11-14-28-26(29-25)31-15-12-21(13-16-31)17-20-5-3-2-4-6-20/h2-11,14,18,21H,12-13,15-17H2,1H3. The van der Waals surface area contributed by atoms with E-state index in [4.69, 9.17) is 16.6 Å². The molecular weight excluding hydrogens is 418 g/mol. The quantitative estimate of drug-likeness (QED) is 0.394. The van der Waals surface area contributed by atoms with Gasteiger partial charge in [0.25, 0.3) is 0 Å². The minimum atomic E-state index is 0.714. The Kier molecular flexibility index (Phi) is 5.91. The van der Waals surface area contributed by atoms with Crippen molar-refractivity contribution in [2.45, 2.75) is 26.2 Å². The van der Waals surface area contributed by atoms with E-state index in [1.54, 1.807) is 0 Å². The molecule has 1 fully saturated rings. The highest BCUT2D eigenvalue weighted by atomic mass is 35.5. The van der Waals surface area contributed by atoms with Crippen LogP contribution in [0.2, 0.25) is 5.02 Å². The van der Waals surface area contributed by atoms with E-state index >= 15 is 0 Å². The van der Waals surface area contributed by atoms with Crippen molar-refractivity contribution in [1.29, 1.82) is 0 Å². The topological polar surface area (TPSA) is 46.8 Å². The van der Waals surface area contributed by atoms with Crippen LogP contribution in [0.4, 0.5) is 5.95 Å². The Bertz CT molecular complexity index is 1180. The highest BCUT2D eigenvalue weighted by Gasteiger charge is 2.22. The monoisotopic (exact) mass is 443 g/mol. The average Bonchev–Trinajstić information content (AvgIpc) is 3.22. The first kappa shape index (κ1) is 20.7. The fourth-order valence-corrected chi connectivity index (χ4v) is 4.50. The van der Waals surface area contributed by atoms with Gasteiger partial charge in [0.2, 0.25) is 5.95 Å². The molecule has 3 heterocycles. The lowest BCUT2D eigenvalue weighted by Gasteiger charge is -2.32. The van der Waals surface area contributed by atoms with Crippen LogP contribution in [0.3, 0.4) is 0 Å². The molecule has 32 heavy (non-hydrogen) atoms. The molecule has 0 bridgehead atoms. The van der Waals surface area contributed by atoms with Crippen LogP contribution in [0.1, 0.15) is 24.1 Å². The zero-order chi connectivity index (χ0) is 21.9. The van der Waals surface area contributed by atoms with Gasteiger partial charge in [0.1, 0.15) is 0 Å². The van der Waals surface area contributed by atoms with Crippen molar-refractivity contribution in [1.82, 2.24) is 19.7 Å². The molecular formula is C26H26ClN5. The number of hydrogen-bond acceptors (Lipinski definition) is 4. The Morgan fingerprint density at radius 2 is 1.72 bits per heavy atom. The molecule has 0 radical (unpaired) electrons. The van der Waals surface area contributed by atoms with E-state index in [2.05, 4.69) is 45.3 Å². The molecule has 2 aromatic carbocycles. The predicted molar refractivity (Wildman–Crippen MR) is 129 cm³/mol. The fourth-order valence-electron chi connectivity index (χ4n) is 4.37. The van der Waals surface area contributed by atoms with E-state index in [0.717, 1.165) is 66.9 Å². The lowest BCUT2D eigenvalue weighted by atomic mass is 9.90. The van der Waals surface area contributed by atoms with Gasteiger partial charge in [-0.2, -0.15) is 5.10 Å². The highest BCUT2D eigenvalue weighted by Crippen LogP contribution is 2.27. The molecule has 6 heteroatoms. The van der Waals surface area contributed by atoms with Gasteiger partial charge in [-0.1, -0.05) is 41.9 Å². The lowest BCUT2D eigenvalue weighted by molar-refractivity contribution is 0.400. The second-order valence-electron chi connectivity index (χ2n) is 8.41. The number of halogens is 1. The minimum Gasteiger partial charge on any atom is -0.341 e. The van der Waals surface area contributed by atoms with Gasteiger partial charge in [-0.3, -0.25) is 0 Å². The van der Waals surface area contributed by atoms with Gasteiger partial charge in [-0.15, -0.1) is 0 Å². The summed E-state index contributed by atoms with van der Waals surface area (Å²) in [6, 6.07) is 20.4. The molecule has 0 unspecified atom stereocenters. The molecule has 1 aliphatic heterocycles. The SMILES string of the molecule is Cc1nn(-c2ccc(Cl)cc2)cc1-c1ccnc(N2CCC(Cc3ccccc3)CC2)n1. The molecule has 162 valence electrons. The smallest absolute Gasteiger partial charge is 0.225 e. The third-order valence-electron chi connectivity index (χ3n) is 6.17. The molecule has 5 nitrogen and oxygen atoms in total. The Hall–Kier alpha value is -3.18. The van der Waals surface area contributed by atoms with Crippen LogP contribution >= 0.6 is 11.6 Å². The first-order valence-corrected chi connectivity index (χ1v) is 11.5. The number of aromatic nitrogens is 4. The van der Waals surface area contributed by atoms with E-state index in [0.29, 0.717) is 5.02 Å². The molecule has 0 saturated carbocycles. The van der Waals surface area contributed by atoms with Gasteiger partial charge in [0, 0.05) is 36.1 Å². The van der Waals surface area contributed by atoms with Gasteiger partial charge in [0.15, 0.2) is 0 Å². The maximum Gasteiger partial charge on any atom is 0.225 e. The summed E-state index contributed by atoms with van der Waals surface area (Å²) in [5.74, 6) is 1.52. The van der Waals surface area contributed by atoms with Crippen LogP contribution in [-0.4, -0.2) is 32.8 Å². The fraction of sp³-hybridized carbons (Fsp3) is 0.269. The van der Waals surface area contributed by atoms with Gasteiger partial charge in [-0.05, 0) is 68.0 Å². The van der Waals surface area contributed by atoms with Crippen molar-refractivity contribution in [3.63, 3.8) is 0 Å². The molecule has 0 N–H and O–H groups in total. The Morgan fingerprint density at radius 1 is 0.969 bits per heavy atom. The lowest BCUT2D eigenvalue weighted by Crippen LogP contribution is -2.35. The van der Waals surface area contributed by atoms with E-state index in [1.165, 1.54) is 5.56 Å². The zero-order valence-electron chi connectivity index (χ0n) is 18.2. The Morgan fingerprint density at radius 3 is 2.47 bits per heavy atom. The number of piperidine rings is 1. The number of hydrogen-bond donors (Lipinski definition) is 0. The second kappa shape index (κ2) is 9.13. The summed E-state index contributed by atoms with van der Waals surface area (Å²) < 4.78 is 1.87. The molecule has 0 amide bonds. The van der Waals surface area contributed by atoms with Crippen LogP contribution in [0.15, 0.2) is 73.1 Å². The highest BCUT2D eigenvalue weighted by molar-refractivity contribution is 6.30. The van der Waals surface area contributed by atoms with Crippen molar-refractivity contribution >= 4 is 17.5 Å². The summed E-state index contributed by atoms with van der Waals surface area (Å²) in [5.41, 5.74) is 5.25. The van der Waals surface area contributed by atoms with Crippen LogP contribution in [-0.2, 0) is 6.42 Å². The maximum atomic E-state index is 6.02. The predicted octanol–water partition coefficient (Wildman–Crippen LogP) is 5.75. The van der Waals surface area contributed by atoms with Gasteiger partial charge < -0.3 is 4.90 Å². The number of nitrogens with zero attached hydrogens (tertiary/aromatic N) is 5. The van der Waals surface area contributed by atoms with E-state index in [9.17, 15) is 0 Å². The van der Waals surface area contributed by atoms with E-state index < -0.39 is 0 Å². The summed E-state index contributed by atoms with van der Waals surface area (Å²) in [5, 5.41) is 5.39. The normalized spacial score (nSPS) is 14.6. The largest absolute Gasteiger partial charge is 0.341 e. The molecule has 5 rings (SSSR count). The summed E-state index contributed by atoms with van der Waals surface area (Å²) in [7, 11) is 0. The van der Waals surface area contributed by atoms with Crippen molar-refractivity contribution in [3.05, 3.63) is 89.3 Å². The van der Waals surface area contributed by atoms with Crippen LogP contribution in [0.5, 0.6) is 0 Å². The van der Waals surface area contributed by atoms with Gasteiger partial charge >= 0.3 is 0 Å². The Labute approximate surface area is 193 Å². The van der Waals surface area contributed by atoms with E-state index in [-0.39, 0.29) is 0 Å². The molecule has 0 aliphatic carbocycles. The van der Waals surface area contributed by atoms with Gasteiger partial charge in [-0.25, -0.2) is 14.6 Å². The van der Waals surface area contributed by atoms with Crippen LogP contribution in [0.25, 0.3) is 16.9 Å². The second-order valence-corrected chi connectivity index (χ2v) is 8.85. The molecule has 0 atom stereocenters. The zero-order valence-corrected chi connectivity index (χ0v) is 18.9. The molecule has 1 saturated heterocycles. The minimum absolute atomic E-state index is 0.714. The van der Waals surface area contributed by atoms with Crippen LogP contribution in [0, 0.1) is 12.8 Å². The maximum absolute atomic E-state index is 6.02. The average molecular weight is 444 g/mol. The van der Waals surface area contributed by atoms with Crippen LogP contribution < -0.4 is 4.90 Å². The summed E-state index contributed by atoms with van der Waals surface area (Å²) >= 11 is 6.02. The van der Waals surface area contributed by atoms with Crippen molar-refractivity contribution in [2.24, 2.45) is 5.92 Å². The molecule has 4 aromatic rings. The third-order valence-corrected chi connectivity index (χ3v) is 6.43. The summed E-state index contributed by atoms with van der Waals surface area (Å²) in [4.78, 5) is 11.8. The number of benzene rings is 2. The van der Waals surface area contributed by atoms with Crippen molar-refractivity contribution in [2.75, 3.05) is 18.0 Å². The van der Waals surface area contributed by atoms with Crippen molar-refractivity contribution < 1.29 is 0 Å². The first-order valence-electron chi connectivity index (χ1n) is 11.1. The molecule has 0 spiro atoms. The summed E-state index contributed by atoms with van der Waals surface area (Å²) in [6.45, 7) is 3.99. The van der Waals surface area contributed by atoms with Gasteiger partial charge in [0.05, 0.1) is 17.1 Å². The number of aryl methyl sites for hydroxylation is 1. The Balaban J connectivity index is 1.30. The van der Waals surface area contributed by atoms with Crippen molar-refractivity contribution in [3.8, 4) is 16.9 Å². The third kappa shape index (κ3) is 4.53. The number of anilines is 1. The molecule has 2 aromatic heterocycles. The first-order chi connectivity index (χ1) is 15.7. The van der Waals surface area contributed by atoms with E-state index in [1.807, 2.05) is 54.3 Å². The molecule has 1 aliphatic rings. The number of rotatable bonds is 5. The summed E-state index contributed by atoms with van der Waals surface area (Å²) in [6.07, 6.45) is 7.36.